The fourth-order valence-electron chi connectivity index (χ4n) is 4.79. The number of halogens is 2. The number of esters is 1. The van der Waals surface area contributed by atoms with E-state index in [1.165, 1.54) is 0 Å². The number of fused-ring (bicyclic) bond motifs is 1. The van der Waals surface area contributed by atoms with E-state index in [2.05, 4.69) is 15.0 Å². The minimum absolute atomic E-state index is 0.105. The second kappa shape index (κ2) is 11.1. The number of pyridine rings is 1. The second-order valence-electron chi connectivity index (χ2n) is 9.20. The van der Waals surface area contributed by atoms with E-state index in [0.717, 1.165) is 46.6 Å². The summed E-state index contributed by atoms with van der Waals surface area (Å²) in [6, 6.07) is 10.7. The van der Waals surface area contributed by atoms with Gasteiger partial charge in [-0.05, 0) is 56.9 Å². The van der Waals surface area contributed by atoms with E-state index in [1.54, 1.807) is 36.7 Å². The molecule has 4 aromatic rings. The van der Waals surface area contributed by atoms with E-state index in [0.29, 0.717) is 30.8 Å². The third-order valence-corrected chi connectivity index (χ3v) is 6.77. The molecule has 0 spiro atoms. The normalized spacial score (nSPS) is 15.5. The number of carbonyl (C=O) groups excluding carboxylic acids is 1. The number of hydrogen-bond donors (Lipinski definition) is 0. The summed E-state index contributed by atoms with van der Waals surface area (Å²) in [6.07, 6.45) is 10.0. The van der Waals surface area contributed by atoms with Crippen LogP contribution in [-0.2, 0) is 16.0 Å². The summed E-state index contributed by atoms with van der Waals surface area (Å²) in [5.41, 5.74) is 5.88. The van der Waals surface area contributed by atoms with Crippen molar-refractivity contribution in [2.45, 2.75) is 46.1 Å². The highest BCUT2D eigenvalue weighted by atomic mass is 19.3. The fourth-order valence-corrected chi connectivity index (χ4v) is 4.79. The first-order valence-corrected chi connectivity index (χ1v) is 12.6. The van der Waals surface area contributed by atoms with Crippen LogP contribution in [0, 0.1) is 12.8 Å². The van der Waals surface area contributed by atoms with Gasteiger partial charge in [0.1, 0.15) is 11.4 Å². The minimum Gasteiger partial charge on any atom is -0.466 e. The van der Waals surface area contributed by atoms with Crippen molar-refractivity contribution >= 4 is 17.2 Å². The number of rotatable bonds is 8. The molecule has 0 fully saturated rings. The van der Waals surface area contributed by atoms with Gasteiger partial charge in [-0.15, -0.1) is 0 Å². The van der Waals surface area contributed by atoms with Crippen LogP contribution in [0.1, 0.15) is 49.0 Å². The highest BCUT2D eigenvalue weighted by Gasteiger charge is 2.24. The van der Waals surface area contributed by atoms with Crippen LogP contribution in [-0.4, -0.2) is 38.5 Å². The monoisotopic (exact) mass is 518 g/mol. The highest BCUT2D eigenvalue weighted by Crippen LogP contribution is 2.30. The zero-order chi connectivity index (χ0) is 26.6. The number of aryl methyl sites for hydroxylation is 1. The molecule has 0 N–H and O–H groups in total. The number of nitrogens with zero attached hydrogens (tertiary/aromatic N) is 4. The number of ether oxygens (including phenoxy) is 2. The van der Waals surface area contributed by atoms with Gasteiger partial charge < -0.3 is 13.9 Å². The Hall–Kier alpha value is -4.14. The molecule has 1 unspecified atom stereocenters. The predicted octanol–water partition coefficient (Wildman–Crippen LogP) is 6.04. The quantitative estimate of drug-likeness (QED) is 0.265. The van der Waals surface area contributed by atoms with Crippen molar-refractivity contribution in [2.24, 2.45) is 5.92 Å². The highest BCUT2D eigenvalue weighted by molar-refractivity contribution is 5.75. The van der Waals surface area contributed by atoms with Gasteiger partial charge in [-0.3, -0.25) is 4.79 Å². The number of para-hydroxylation sites is 1. The van der Waals surface area contributed by atoms with Crippen molar-refractivity contribution in [1.29, 1.82) is 0 Å². The molecule has 3 aromatic heterocycles. The number of allylic oxidation sites excluding steroid dienone is 2. The van der Waals surface area contributed by atoms with E-state index in [1.807, 2.05) is 42.7 Å². The first-order valence-electron chi connectivity index (χ1n) is 12.6. The Morgan fingerprint density at radius 3 is 2.63 bits per heavy atom. The molecular formula is C29H28F2N4O3. The van der Waals surface area contributed by atoms with Gasteiger partial charge in [0.15, 0.2) is 5.82 Å². The Kier molecular flexibility index (Phi) is 7.44. The number of alkyl halides is 2. The van der Waals surface area contributed by atoms with E-state index in [9.17, 15) is 13.6 Å². The summed E-state index contributed by atoms with van der Waals surface area (Å²) in [5.74, 6) is 0.564. The minimum atomic E-state index is -2.89. The van der Waals surface area contributed by atoms with Crippen molar-refractivity contribution in [3.63, 3.8) is 0 Å². The van der Waals surface area contributed by atoms with Gasteiger partial charge in [0, 0.05) is 47.4 Å². The lowest BCUT2D eigenvalue weighted by Crippen LogP contribution is -2.19. The predicted molar refractivity (Wildman–Crippen MR) is 139 cm³/mol. The molecule has 0 bridgehead atoms. The fraction of sp³-hybridized carbons (Fsp3) is 0.310. The molecule has 0 aliphatic heterocycles. The molecule has 0 saturated heterocycles. The first-order chi connectivity index (χ1) is 18.4. The van der Waals surface area contributed by atoms with Crippen LogP contribution >= 0.6 is 0 Å². The number of carbonyl (C=O) groups is 1. The maximum atomic E-state index is 12.9. The topological polar surface area (TPSA) is 78.6 Å². The number of hydrogen-bond acceptors (Lipinski definition) is 6. The van der Waals surface area contributed by atoms with Crippen molar-refractivity contribution in [3.8, 4) is 16.9 Å². The SMILES string of the molecule is CCOC(=O)C1CC=C(c2ncc(-c3ccc4nc(C)c(Cc5ccccc5OC(F)F)n4c3)cn2)CC1. The summed E-state index contributed by atoms with van der Waals surface area (Å²) >= 11 is 0. The Bertz CT molecular complexity index is 1480. The van der Waals surface area contributed by atoms with E-state index < -0.39 is 6.61 Å². The van der Waals surface area contributed by atoms with E-state index in [-0.39, 0.29) is 17.6 Å². The van der Waals surface area contributed by atoms with Gasteiger partial charge in [-0.25, -0.2) is 15.0 Å². The molecule has 3 heterocycles. The maximum Gasteiger partial charge on any atom is 0.387 e. The van der Waals surface area contributed by atoms with Gasteiger partial charge in [0.25, 0.3) is 0 Å². The molecule has 5 rings (SSSR count). The molecule has 38 heavy (non-hydrogen) atoms. The Morgan fingerprint density at radius 2 is 1.92 bits per heavy atom. The van der Waals surface area contributed by atoms with Gasteiger partial charge >= 0.3 is 12.6 Å². The Labute approximate surface area is 219 Å². The number of aromatic nitrogens is 4. The molecule has 196 valence electrons. The zero-order valence-electron chi connectivity index (χ0n) is 21.2. The molecule has 0 radical (unpaired) electrons. The average molecular weight is 519 g/mol. The van der Waals surface area contributed by atoms with E-state index in [4.69, 9.17) is 9.47 Å². The van der Waals surface area contributed by atoms with Crippen LogP contribution in [0.4, 0.5) is 8.78 Å². The molecule has 7 nitrogen and oxygen atoms in total. The Morgan fingerprint density at radius 1 is 1.13 bits per heavy atom. The third-order valence-electron chi connectivity index (χ3n) is 6.77. The molecule has 0 saturated carbocycles. The molecule has 1 aromatic carbocycles. The third kappa shape index (κ3) is 5.41. The second-order valence-corrected chi connectivity index (χ2v) is 9.20. The van der Waals surface area contributed by atoms with Crippen LogP contribution in [0.2, 0.25) is 0 Å². The molecule has 1 aliphatic rings. The van der Waals surface area contributed by atoms with Crippen molar-refractivity contribution < 1.29 is 23.0 Å². The lowest BCUT2D eigenvalue weighted by molar-refractivity contribution is -0.148. The summed E-state index contributed by atoms with van der Waals surface area (Å²) in [7, 11) is 0. The zero-order valence-corrected chi connectivity index (χ0v) is 21.2. The van der Waals surface area contributed by atoms with Crippen LogP contribution in [0.5, 0.6) is 5.75 Å². The Balaban J connectivity index is 1.38. The molecule has 1 aliphatic carbocycles. The summed E-state index contributed by atoms with van der Waals surface area (Å²) in [6.45, 7) is 1.22. The molecular weight excluding hydrogens is 490 g/mol. The van der Waals surface area contributed by atoms with Crippen LogP contribution in [0.15, 0.2) is 61.1 Å². The lowest BCUT2D eigenvalue weighted by Gasteiger charge is -2.19. The summed E-state index contributed by atoms with van der Waals surface area (Å²) < 4.78 is 37.6. The largest absolute Gasteiger partial charge is 0.466 e. The molecule has 0 amide bonds. The standard InChI is InChI=1S/C29H28F2N4O3/c1-3-37-28(36)20-10-8-19(9-11-20)27-32-15-23(16-33-27)22-12-13-26-34-18(2)24(35(26)17-22)14-21-6-4-5-7-25(21)38-29(30)31/h4-8,12-13,15-17,20,29H,3,9-11,14H2,1-2H3. The molecule has 9 heteroatoms. The lowest BCUT2D eigenvalue weighted by atomic mass is 9.89. The first kappa shape index (κ1) is 25.5. The molecule has 1 atom stereocenters. The summed E-state index contributed by atoms with van der Waals surface area (Å²) in [5, 5.41) is 0. The van der Waals surface area contributed by atoms with Gasteiger partial charge in [0.2, 0.25) is 0 Å². The van der Waals surface area contributed by atoms with Gasteiger partial charge in [-0.1, -0.05) is 24.3 Å². The van der Waals surface area contributed by atoms with Crippen molar-refractivity contribution in [1.82, 2.24) is 19.4 Å². The number of benzene rings is 1. The van der Waals surface area contributed by atoms with E-state index >= 15 is 0 Å². The van der Waals surface area contributed by atoms with Crippen LogP contribution in [0.3, 0.4) is 0 Å². The smallest absolute Gasteiger partial charge is 0.387 e. The van der Waals surface area contributed by atoms with Crippen LogP contribution in [0.25, 0.3) is 22.3 Å². The summed E-state index contributed by atoms with van der Waals surface area (Å²) in [4.78, 5) is 25.8. The van der Waals surface area contributed by atoms with Crippen molar-refractivity contribution in [2.75, 3.05) is 6.61 Å². The maximum absolute atomic E-state index is 12.9. The number of imidazole rings is 1. The van der Waals surface area contributed by atoms with Gasteiger partial charge in [-0.2, -0.15) is 8.78 Å². The van der Waals surface area contributed by atoms with Crippen LogP contribution < -0.4 is 4.74 Å². The average Bonchev–Trinajstić information content (AvgIpc) is 3.24. The van der Waals surface area contributed by atoms with Crippen molar-refractivity contribution in [3.05, 3.63) is 83.8 Å². The van der Waals surface area contributed by atoms with Gasteiger partial charge in [0.05, 0.1) is 18.2 Å².